The van der Waals surface area contributed by atoms with Crippen molar-refractivity contribution in [1.29, 1.82) is 0 Å². The van der Waals surface area contributed by atoms with Crippen molar-refractivity contribution in [2.45, 2.75) is 13.0 Å². The third-order valence-electron chi connectivity index (χ3n) is 2.83. The monoisotopic (exact) mass is 307 g/mol. The summed E-state index contributed by atoms with van der Waals surface area (Å²) in [6, 6.07) is 7.30. The van der Waals surface area contributed by atoms with Crippen LogP contribution in [0.1, 0.15) is 16.6 Å². The van der Waals surface area contributed by atoms with Crippen molar-refractivity contribution in [2.24, 2.45) is 0 Å². The van der Waals surface area contributed by atoms with Gasteiger partial charge >= 0.3 is 0 Å². The molecule has 1 aromatic carbocycles. The molecule has 0 aliphatic carbocycles. The maximum absolute atomic E-state index is 12.3. The Kier molecular flexibility index (Phi) is 5.24. The maximum atomic E-state index is 12.3. The molecule has 1 N–H and O–H groups in total. The number of aromatic nitrogens is 2. The van der Waals surface area contributed by atoms with Crippen LogP contribution in [0.3, 0.4) is 0 Å². The van der Waals surface area contributed by atoms with Gasteiger partial charge in [0.15, 0.2) is 0 Å². The first-order valence-corrected chi connectivity index (χ1v) is 7.19. The molecule has 1 aromatic heterocycles. The minimum atomic E-state index is -0.202. The molecule has 0 aliphatic rings. The molecule has 1 atom stereocenters. The largest absolute Gasteiger partial charge is 0.497 e. The van der Waals surface area contributed by atoms with Crippen molar-refractivity contribution in [1.82, 2.24) is 14.9 Å². The first kappa shape index (κ1) is 15.4. The minimum absolute atomic E-state index is 0.0808. The van der Waals surface area contributed by atoms with Crippen LogP contribution in [0.4, 0.5) is 0 Å². The number of hydrogen-bond donors (Lipinski definition) is 1. The zero-order valence-corrected chi connectivity index (χ0v) is 12.9. The molecule has 0 unspecified atom stereocenters. The molecule has 1 heterocycles. The summed E-state index contributed by atoms with van der Waals surface area (Å²) in [5.74, 6) is 0.506. The van der Waals surface area contributed by atoms with Gasteiger partial charge in [0.2, 0.25) is 0 Å². The van der Waals surface area contributed by atoms with Crippen LogP contribution in [0, 0.1) is 0 Å². The Labute approximate surface area is 127 Å². The quantitative estimate of drug-likeness (QED) is 0.883. The number of ether oxygens (including phenoxy) is 2. The Balaban J connectivity index is 2.23. The van der Waals surface area contributed by atoms with Crippen molar-refractivity contribution in [3.8, 4) is 17.0 Å². The van der Waals surface area contributed by atoms with Crippen LogP contribution in [-0.4, -0.2) is 42.4 Å². The van der Waals surface area contributed by atoms with Gasteiger partial charge in [0.25, 0.3) is 5.91 Å². The summed E-state index contributed by atoms with van der Waals surface area (Å²) in [5, 5.41) is 6.91. The Morgan fingerprint density at radius 2 is 2.24 bits per heavy atom. The molecule has 6 nitrogen and oxygen atoms in total. The zero-order valence-electron chi connectivity index (χ0n) is 12.1. The molecule has 0 radical (unpaired) electrons. The van der Waals surface area contributed by atoms with E-state index < -0.39 is 0 Å². The number of carbonyl (C=O) groups excluding carboxylic acids is 1. The van der Waals surface area contributed by atoms with Gasteiger partial charge in [-0.15, -0.1) is 5.10 Å². The zero-order chi connectivity index (χ0) is 15.2. The summed E-state index contributed by atoms with van der Waals surface area (Å²) in [6.07, 6.45) is 0. The van der Waals surface area contributed by atoms with E-state index in [1.54, 1.807) is 14.2 Å². The normalized spacial score (nSPS) is 12.0. The number of carbonyl (C=O) groups is 1. The number of nitrogens with zero attached hydrogens (tertiary/aromatic N) is 2. The third kappa shape index (κ3) is 3.77. The van der Waals surface area contributed by atoms with Gasteiger partial charge in [0, 0.05) is 18.7 Å². The van der Waals surface area contributed by atoms with Crippen LogP contribution in [0.25, 0.3) is 11.3 Å². The summed E-state index contributed by atoms with van der Waals surface area (Å²) in [4.78, 5) is 12.8. The first-order valence-electron chi connectivity index (χ1n) is 6.42. The van der Waals surface area contributed by atoms with E-state index in [1.165, 1.54) is 0 Å². The molecular weight excluding hydrogens is 290 g/mol. The lowest BCUT2D eigenvalue weighted by Crippen LogP contribution is -2.35. The van der Waals surface area contributed by atoms with Crippen molar-refractivity contribution in [3.05, 3.63) is 29.1 Å². The number of methoxy groups -OCH3 is 2. The van der Waals surface area contributed by atoms with E-state index in [0.29, 0.717) is 22.9 Å². The number of amides is 1. The van der Waals surface area contributed by atoms with E-state index in [0.717, 1.165) is 17.1 Å². The van der Waals surface area contributed by atoms with Gasteiger partial charge in [-0.2, -0.15) is 0 Å². The SMILES string of the molecule is COC[C@H](C)NC(=O)c1snnc1-c1cccc(OC)c1. The van der Waals surface area contributed by atoms with Gasteiger partial charge in [-0.05, 0) is 30.6 Å². The lowest BCUT2D eigenvalue weighted by atomic mass is 10.1. The van der Waals surface area contributed by atoms with Crippen molar-refractivity contribution < 1.29 is 14.3 Å². The van der Waals surface area contributed by atoms with E-state index in [2.05, 4.69) is 14.9 Å². The molecule has 0 aliphatic heterocycles. The fourth-order valence-corrected chi connectivity index (χ4v) is 2.47. The topological polar surface area (TPSA) is 73.3 Å². The molecule has 0 spiro atoms. The molecule has 1 amide bonds. The van der Waals surface area contributed by atoms with Crippen molar-refractivity contribution in [3.63, 3.8) is 0 Å². The fraction of sp³-hybridized carbons (Fsp3) is 0.357. The molecule has 0 saturated heterocycles. The standard InChI is InChI=1S/C14H17N3O3S/c1-9(8-19-2)15-14(18)13-12(16-17-21-13)10-5-4-6-11(7-10)20-3/h4-7,9H,8H2,1-3H3,(H,15,18)/t9-/m0/s1. The molecule has 0 saturated carbocycles. The Morgan fingerprint density at radius 1 is 1.43 bits per heavy atom. The number of hydrogen-bond acceptors (Lipinski definition) is 6. The third-order valence-corrected chi connectivity index (χ3v) is 3.56. The highest BCUT2D eigenvalue weighted by atomic mass is 32.1. The molecule has 2 aromatic rings. The average molecular weight is 307 g/mol. The van der Waals surface area contributed by atoms with E-state index in [-0.39, 0.29) is 11.9 Å². The molecular formula is C14H17N3O3S. The second kappa shape index (κ2) is 7.14. The summed E-state index contributed by atoms with van der Waals surface area (Å²) < 4.78 is 14.1. The van der Waals surface area contributed by atoms with Crippen LogP contribution in [-0.2, 0) is 4.74 Å². The lowest BCUT2D eigenvalue weighted by molar-refractivity contribution is 0.0910. The predicted octanol–water partition coefficient (Wildman–Crippen LogP) is 1.98. The van der Waals surface area contributed by atoms with Crippen LogP contribution in [0.2, 0.25) is 0 Å². The first-order chi connectivity index (χ1) is 10.2. The second-order valence-corrected chi connectivity index (χ2v) is 5.27. The van der Waals surface area contributed by atoms with E-state index in [1.807, 2.05) is 31.2 Å². The molecule has 112 valence electrons. The van der Waals surface area contributed by atoms with Gasteiger partial charge in [-0.3, -0.25) is 4.79 Å². The summed E-state index contributed by atoms with van der Waals surface area (Å²) in [7, 11) is 3.19. The van der Waals surface area contributed by atoms with Crippen LogP contribution in [0.5, 0.6) is 5.75 Å². The lowest BCUT2D eigenvalue weighted by Gasteiger charge is -2.12. The summed E-state index contributed by atoms with van der Waals surface area (Å²) in [6.45, 7) is 2.33. The Morgan fingerprint density at radius 3 is 2.95 bits per heavy atom. The predicted molar refractivity (Wildman–Crippen MR) is 80.7 cm³/mol. The summed E-state index contributed by atoms with van der Waals surface area (Å²) >= 11 is 1.07. The van der Waals surface area contributed by atoms with Gasteiger partial charge in [-0.1, -0.05) is 16.6 Å². The van der Waals surface area contributed by atoms with E-state index >= 15 is 0 Å². The Bertz CT molecular complexity index is 615. The van der Waals surface area contributed by atoms with Gasteiger partial charge in [-0.25, -0.2) is 0 Å². The smallest absolute Gasteiger partial charge is 0.265 e. The number of benzene rings is 1. The molecule has 2 rings (SSSR count). The van der Waals surface area contributed by atoms with E-state index in [9.17, 15) is 4.79 Å². The highest BCUT2D eigenvalue weighted by Gasteiger charge is 2.19. The van der Waals surface area contributed by atoms with Crippen LogP contribution in [0.15, 0.2) is 24.3 Å². The van der Waals surface area contributed by atoms with Crippen molar-refractivity contribution >= 4 is 17.4 Å². The Hall–Kier alpha value is -1.99. The molecule has 7 heteroatoms. The number of rotatable bonds is 6. The van der Waals surface area contributed by atoms with Crippen LogP contribution < -0.4 is 10.1 Å². The van der Waals surface area contributed by atoms with Gasteiger partial charge in [0.05, 0.1) is 13.7 Å². The van der Waals surface area contributed by atoms with E-state index in [4.69, 9.17) is 9.47 Å². The summed E-state index contributed by atoms with van der Waals surface area (Å²) in [5.41, 5.74) is 1.36. The number of nitrogens with one attached hydrogen (secondary N) is 1. The highest BCUT2D eigenvalue weighted by Crippen LogP contribution is 2.26. The van der Waals surface area contributed by atoms with Crippen molar-refractivity contribution in [2.75, 3.05) is 20.8 Å². The van der Waals surface area contributed by atoms with Crippen LogP contribution >= 0.6 is 11.5 Å². The second-order valence-electron chi connectivity index (χ2n) is 4.51. The molecule has 0 bridgehead atoms. The molecule has 0 fully saturated rings. The maximum Gasteiger partial charge on any atom is 0.265 e. The fourth-order valence-electron chi connectivity index (χ4n) is 1.88. The minimum Gasteiger partial charge on any atom is -0.497 e. The van der Waals surface area contributed by atoms with Gasteiger partial charge in [0.1, 0.15) is 16.3 Å². The average Bonchev–Trinajstić information content (AvgIpc) is 2.97. The van der Waals surface area contributed by atoms with Gasteiger partial charge < -0.3 is 14.8 Å². The molecule has 21 heavy (non-hydrogen) atoms. The highest BCUT2D eigenvalue weighted by molar-refractivity contribution is 7.08.